The van der Waals surface area contributed by atoms with Crippen LogP contribution in [0.15, 0.2) is 16.9 Å². The van der Waals surface area contributed by atoms with E-state index in [2.05, 4.69) is 5.32 Å². The second-order valence-corrected chi connectivity index (χ2v) is 10.8. The molecule has 0 radical (unpaired) electrons. The molecular weight excluding hydrogens is 510 g/mol. The fourth-order valence-corrected chi connectivity index (χ4v) is 6.27. The zero-order chi connectivity index (χ0) is 26.7. The van der Waals surface area contributed by atoms with Crippen LogP contribution in [-0.2, 0) is 46.9 Å². The van der Waals surface area contributed by atoms with Gasteiger partial charge >= 0.3 is 0 Å². The molecule has 38 heavy (non-hydrogen) atoms. The lowest BCUT2D eigenvalue weighted by Crippen LogP contribution is -2.35. The maximum atomic E-state index is 13.5. The summed E-state index contributed by atoms with van der Waals surface area (Å²) in [5.41, 5.74) is 5.50. The van der Waals surface area contributed by atoms with Gasteiger partial charge in [0.2, 0.25) is 5.91 Å². The van der Waals surface area contributed by atoms with Crippen molar-refractivity contribution in [1.82, 2.24) is 14.9 Å². The summed E-state index contributed by atoms with van der Waals surface area (Å²) in [6.45, 7) is 0.320. The molecule has 1 aromatic carbocycles. The number of benzene rings is 1. The van der Waals surface area contributed by atoms with Crippen LogP contribution in [0.1, 0.15) is 58.7 Å². The third kappa shape index (κ3) is 3.96. The van der Waals surface area contributed by atoms with Gasteiger partial charge in [-0.2, -0.15) is 0 Å². The maximum Gasteiger partial charge on any atom is 0.257 e. The molecule has 3 N–H and O–H groups in total. The van der Waals surface area contributed by atoms with E-state index in [1.807, 2.05) is 6.07 Å². The van der Waals surface area contributed by atoms with Gasteiger partial charge in [-0.25, -0.2) is 4.98 Å². The predicted octanol–water partition coefficient (Wildman–Crippen LogP) is 2.33. The van der Waals surface area contributed by atoms with Gasteiger partial charge in [-0.05, 0) is 66.8 Å². The molecule has 10 heteroatoms. The lowest BCUT2D eigenvalue weighted by Gasteiger charge is -2.18. The highest BCUT2D eigenvalue weighted by Crippen LogP contribution is 2.42. The van der Waals surface area contributed by atoms with Gasteiger partial charge in [0.25, 0.3) is 5.56 Å². The van der Waals surface area contributed by atoms with E-state index in [1.54, 1.807) is 10.6 Å². The Kier molecular flexibility index (Phi) is 6.34. The number of fused-ring (bicyclic) bond motifs is 6. The lowest BCUT2D eigenvalue weighted by atomic mass is 9.94. The summed E-state index contributed by atoms with van der Waals surface area (Å²) in [5.74, 6) is -0.411. The molecular formula is C28H28ClN3O6. The molecule has 6 rings (SSSR count). The number of hydrogen-bond acceptors (Lipinski definition) is 7. The number of aliphatic hydroxyl groups excluding tert-OH is 2. The number of hydrogen-bond donors (Lipinski definition) is 3. The van der Waals surface area contributed by atoms with E-state index in [0.717, 1.165) is 59.7 Å². The van der Waals surface area contributed by atoms with E-state index in [1.165, 1.54) is 7.11 Å². The van der Waals surface area contributed by atoms with Crippen molar-refractivity contribution < 1.29 is 24.5 Å². The Hall–Kier alpha value is -3.11. The normalized spacial score (nSPS) is 17.2. The molecule has 0 bridgehead atoms. The quantitative estimate of drug-likeness (QED) is 0.294. The van der Waals surface area contributed by atoms with Crippen LogP contribution >= 0.6 is 11.6 Å². The number of ether oxygens (including phenoxy) is 1. The predicted molar refractivity (Wildman–Crippen MR) is 140 cm³/mol. The first-order valence-corrected chi connectivity index (χ1v) is 13.2. The molecule has 1 saturated carbocycles. The highest BCUT2D eigenvalue weighted by molar-refractivity contribution is 6.32. The van der Waals surface area contributed by atoms with Crippen molar-refractivity contribution in [3.05, 3.63) is 60.9 Å². The lowest BCUT2D eigenvalue weighted by molar-refractivity contribution is -0.130. The number of carbonyl (C=O) groups excluding carboxylic acids is 2. The molecule has 3 aromatic rings. The van der Waals surface area contributed by atoms with Crippen LogP contribution in [0.4, 0.5) is 0 Å². The van der Waals surface area contributed by atoms with Crippen LogP contribution in [0.2, 0.25) is 5.02 Å². The highest BCUT2D eigenvalue weighted by atomic mass is 35.5. The van der Waals surface area contributed by atoms with Crippen molar-refractivity contribution in [2.24, 2.45) is 5.92 Å². The second kappa shape index (κ2) is 9.57. The van der Waals surface area contributed by atoms with Crippen LogP contribution in [0, 0.1) is 5.92 Å². The van der Waals surface area contributed by atoms with Crippen LogP contribution < -0.4 is 10.9 Å². The first-order valence-electron chi connectivity index (χ1n) is 12.8. The number of pyridine rings is 2. The zero-order valence-electron chi connectivity index (χ0n) is 20.9. The number of rotatable bonds is 8. The molecule has 3 aliphatic rings. The summed E-state index contributed by atoms with van der Waals surface area (Å²) < 4.78 is 6.77. The maximum absolute atomic E-state index is 13.5. The highest BCUT2D eigenvalue weighted by Gasteiger charge is 2.35. The summed E-state index contributed by atoms with van der Waals surface area (Å²) in [4.78, 5) is 42.7. The monoisotopic (exact) mass is 537 g/mol. The average molecular weight is 538 g/mol. The zero-order valence-corrected chi connectivity index (χ0v) is 21.7. The molecule has 1 fully saturated rings. The molecule has 198 valence electrons. The van der Waals surface area contributed by atoms with Crippen molar-refractivity contribution >= 4 is 34.7 Å². The summed E-state index contributed by atoms with van der Waals surface area (Å²) in [5, 5.41) is 25.2. The number of aryl methyl sites for hydroxylation is 1. The van der Waals surface area contributed by atoms with Gasteiger partial charge < -0.3 is 29.6 Å². The van der Waals surface area contributed by atoms with Gasteiger partial charge in [0.15, 0.2) is 6.29 Å². The standard InChI is InChI=1S/C28H28ClN3O6/c1-38-12-19-16(23(34)11-33)7-22-25-18(10-32(22)28(19)37)17(9-30-27(36)26(35)13-5-6-13)24-15-4-2-3-14(15)20(29)8-21(24)31-25/h7-8,11,13,23,26,34-35H,2-6,9-10,12H2,1H3,(H,30,36). The van der Waals surface area contributed by atoms with E-state index in [-0.39, 0.29) is 42.3 Å². The Morgan fingerprint density at radius 1 is 1.24 bits per heavy atom. The van der Waals surface area contributed by atoms with Crippen molar-refractivity contribution in [1.29, 1.82) is 0 Å². The molecule has 3 heterocycles. The number of carbonyl (C=O) groups is 2. The second-order valence-electron chi connectivity index (χ2n) is 10.3. The Bertz CT molecular complexity index is 1560. The molecule has 2 atom stereocenters. The van der Waals surface area contributed by atoms with Crippen LogP contribution in [0.5, 0.6) is 0 Å². The SMILES string of the molecule is COCc1c(C(O)C=O)cc2n(c1=O)Cc1c-2nc2cc(Cl)c3c(c2c1CNC(=O)C(O)C1CC1)CCC3. The van der Waals surface area contributed by atoms with Gasteiger partial charge in [-0.3, -0.25) is 9.59 Å². The third-order valence-electron chi connectivity index (χ3n) is 8.02. The molecule has 1 aliphatic heterocycles. The third-order valence-corrected chi connectivity index (χ3v) is 8.36. The van der Waals surface area contributed by atoms with Crippen molar-refractivity contribution in [2.45, 2.75) is 64.0 Å². The fourth-order valence-electron chi connectivity index (χ4n) is 5.95. The minimum absolute atomic E-state index is 0.00246. The molecule has 0 saturated heterocycles. The number of halogens is 1. The molecule has 0 spiro atoms. The Labute approximate surface area is 223 Å². The molecule has 1 amide bonds. The van der Waals surface area contributed by atoms with E-state index in [0.29, 0.717) is 28.2 Å². The van der Waals surface area contributed by atoms with Gasteiger partial charge in [0.1, 0.15) is 12.2 Å². The molecule has 9 nitrogen and oxygen atoms in total. The Morgan fingerprint density at radius 3 is 2.71 bits per heavy atom. The largest absolute Gasteiger partial charge is 0.383 e. The van der Waals surface area contributed by atoms with Gasteiger partial charge in [0.05, 0.1) is 30.1 Å². The van der Waals surface area contributed by atoms with E-state index in [4.69, 9.17) is 21.3 Å². The number of nitrogens with zero attached hydrogens (tertiary/aromatic N) is 2. The fraction of sp³-hybridized carbons (Fsp3) is 0.429. The average Bonchev–Trinajstić information content (AvgIpc) is 3.52. The van der Waals surface area contributed by atoms with E-state index >= 15 is 0 Å². The van der Waals surface area contributed by atoms with Crippen molar-refractivity contribution in [2.75, 3.05) is 7.11 Å². The number of aromatic nitrogens is 2. The molecule has 2 unspecified atom stereocenters. The summed E-state index contributed by atoms with van der Waals surface area (Å²) in [6, 6.07) is 3.45. The van der Waals surface area contributed by atoms with Crippen LogP contribution in [0.25, 0.3) is 22.3 Å². The van der Waals surface area contributed by atoms with E-state index in [9.17, 15) is 24.6 Å². The molecule has 2 aliphatic carbocycles. The summed E-state index contributed by atoms with van der Waals surface area (Å²) >= 11 is 6.65. The number of methoxy groups -OCH3 is 1. The molecule has 2 aromatic heterocycles. The summed E-state index contributed by atoms with van der Waals surface area (Å²) in [7, 11) is 1.44. The Morgan fingerprint density at radius 2 is 2.00 bits per heavy atom. The minimum atomic E-state index is -1.48. The summed E-state index contributed by atoms with van der Waals surface area (Å²) in [6.07, 6.45) is 2.19. The van der Waals surface area contributed by atoms with Gasteiger partial charge in [-0.1, -0.05) is 11.6 Å². The topological polar surface area (TPSA) is 131 Å². The number of amides is 1. The first kappa shape index (κ1) is 25.2. The van der Waals surface area contributed by atoms with E-state index < -0.39 is 18.1 Å². The number of aliphatic hydroxyl groups is 2. The first-order chi connectivity index (χ1) is 18.3. The van der Waals surface area contributed by atoms with Gasteiger partial charge in [0, 0.05) is 40.8 Å². The van der Waals surface area contributed by atoms with Crippen molar-refractivity contribution in [3.8, 4) is 11.4 Å². The smallest absolute Gasteiger partial charge is 0.257 e. The van der Waals surface area contributed by atoms with Crippen molar-refractivity contribution in [3.63, 3.8) is 0 Å². The van der Waals surface area contributed by atoms with Gasteiger partial charge in [-0.15, -0.1) is 0 Å². The van der Waals surface area contributed by atoms with Crippen LogP contribution in [0.3, 0.4) is 0 Å². The van der Waals surface area contributed by atoms with Crippen LogP contribution in [-0.4, -0.2) is 45.2 Å². The Balaban J connectivity index is 1.55. The number of nitrogens with one attached hydrogen (secondary N) is 1. The minimum Gasteiger partial charge on any atom is -0.383 e. The number of aldehydes is 1.